The Balaban J connectivity index is 1.61. The number of anilines is 2. The second kappa shape index (κ2) is 10.5. The number of amides is 2. The number of carbonyl (C=O) groups excluding carboxylic acids is 2. The summed E-state index contributed by atoms with van der Waals surface area (Å²) in [5.74, 6) is 0.0456. The Labute approximate surface area is 208 Å². The number of hydrogen-bond acceptors (Lipinski definition) is 5. The molecule has 0 spiro atoms. The lowest BCUT2D eigenvalue weighted by Gasteiger charge is -2.24. The van der Waals surface area contributed by atoms with E-state index in [1.807, 2.05) is 30.3 Å². The van der Waals surface area contributed by atoms with Gasteiger partial charge < -0.3 is 19.7 Å². The van der Waals surface area contributed by atoms with E-state index in [0.29, 0.717) is 28.0 Å². The second-order valence-corrected chi connectivity index (χ2v) is 8.25. The highest BCUT2D eigenvalue weighted by atomic mass is 32.1. The van der Waals surface area contributed by atoms with E-state index in [4.69, 9.17) is 21.7 Å². The van der Waals surface area contributed by atoms with Gasteiger partial charge in [-0.2, -0.15) is 0 Å². The van der Waals surface area contributed by atoms with Gasteiger partial charge in [-0.05, 0) is 66.3 Å². The number of thiocarbonyl (C=S) groups is 1. The molecular weight excluding hydrogens is 469 g/mol. The predicted octanol–water partition coefficient (Wildman–Crippen LogP) is 4.37. The first-order valence-corrected chi connectivity index (χ1v) is 11.3. The average Bonchev–Trinajstić information content (AvgIpc) is 3.09. The summed E-state index contributed by atoms with van der Waals surface area (Å²) in [6, 6.07) is 19.1. The molecule has 4 rings (SSSR count). The second-order valence-electron chi connectivity index (χ2n) is 7.88. The fourth-order valence-corrected chi connectivity index (χ4v) is 4.31. The number of para-hydroxylation sites is 1. The minimum atomic E-state index is -0.823. The largest absolute Gasteiger partial charge is 0.493 e. The lowest BCUT2D eigenvalue weighted by atomic mass is 10.1. The zero-order valence-corrected chi connectivity index (χ0v) is 20.0. The summed E-state index contributed by atoms with van der Waals surface area (Å²) in [6.07, 6.45) is -0.132. The zero-order valence-electron chi connectivity index (χ0n) is 19.2. The molecule has 1 aliphatic rings. The Bertz CT molecular complexity index is 1240. The number of ether oxygens (including phenoxy) is 2. The molecule has 0 bridgehead atoms. The molecule has 1 fully saturated rings. The van der Waals surface area contributed by atoms with Gasteiger partial charge in [0.2, 0.25) is 5.91 Å². The number of carbonyl (C=O) groups is 2. The molecule has 180 valence electrons. The van der Waals surface area contributed by atoms with Crippen LogP contribution in [-0.4, -0.2) is 42.1 Å². The first kappa shape index (κ1) is 24.2. The van der Waals surface area contributed by atoms with Gasteiger partial charge in [0.1, 0.15) is 11.9 Å². The van der Waals surface area contributed by atoms with Crippen molar-refractivity contribution in [2.24, 2.45) is 0 Å². The predicted molar refractivity (Wildman–Crippen MR) is 135 cm³/mol. The van der Waals surface area contributed by atoms with E-state index in [-0.39, 0.29) is 24.8 Å². The van der Waals surface area contributed by atoms with E-state index in [2.05, 4.69) is 5.32 Å². The van der Waals surface area contributed by atoms with Gasteiger partial charge in [0, 0.05) is 12.2 Å². The normalized spacial score (nSPS) is 15.3. The highest BCUT2D eigenvalue weighted by Crippen LogP contribution is 2.32. The van der Waals surface area contributed by atoms with Crippen molar-refractivity contribution in [2.75, 3.05) is 24.4 Å². The molecule has 0 radical (unpaired) electrons. The zero-order chi connectivity index (χ0) is 24.9. The maximum atomic E-state index is 13.5. The highest BCUT2D eigenvalue weighted by Gasteiger charge is 2.44. The van der Waals surface area contributed by atoms with Crippen LogP contribution in [0.3, 0.4) is 0 Å². The van der Waals surface area contributed by atoms with E-state index < -0.39 is 11.9 Å². The molecule has 1 saturated heterocycles. The summed E-state index contributed by atoms with van der Waals surface area (Å²) < 4.78 is 23.9. The highest BCUT2D eigenvalue weighted by molar-refractivity contribution is 7.80. The fraction of sp³-hybridized carbons (Fsp3) is 0.192. The third-order valence-electron chi connectivity index (χ3n) is 5.64. The molecule has 1 N–H and O–H groups in total. The third-order valence-corrected chi connectivity index (χ3v) is 6.06. The van der Waals surface area contributed by atoms with Crippen LogP contribution < -0.4 is 19.7 Å². The maximum absolute atomic E-state index is 13.5. The van der Waals surface area contributed by atoms with Crippen LogP contribution in [0.1, 0.15) is 12.0 Å². The molecule has 3 aromatic carbocycles. The van der Waals surface area contributed by atoms with E-state index in [9.17, 15) is 14.0 Å². The molecule has 0 saturated carbocycles. The molecule has 35 heavy (non-hydrogen) atoms. The standard InChI is InChI=1S/C26H24FN3O4S/c1-33-22-13-8-17(14-23(22)34-2)16-29-21(15-24(31)28-19-11-9-18(27)10-12-19)25(32)30(26(29)35)20-6-4-3-5-7-20/h3-14,21H,15-16H2,1-2H3,(H,28,31). The van der Waals surface area contributed by atoms with Gasteiger partial charge in [-0.1, -0.05) is 24.3 Å². The number of hydrogen-bond donors (Lipinski definition) is 1. The molecule has 0 aromatic heterocycles. The summed E-state index contributed by atoms with van der Waals surface area (Å²) in [4.78, 5) is 29.5. The van der Waals surface area contributed by atoms with Gasteiger partial charge in [-0.15, -0.1) is 0 Å². The van der Waals surface area contributed by atoms with Crippen LogP contribution >= 0.6 is 12.2 Å². The van der Waals surface area contributed by atoms with Crippen LogP contribution in [0.15, 0.2) is 72.8 Å². The molecule has 1 atom stereocenters. The summed E-state index contributed by atoms with van der Waals surface area (Å²) in [7, 11) is 3.10. The monoisotopic (exact) mass is 493 g/mol. The molecule has 3 aromatic rings. The van der Waals surface area contributed by atoms with Crippen LogP contribution in [0, 0.1) is 5.82 Å². The Morgan fingerprint density at radius 2 is 1.69 bits per heavy atom. The van der Waals surface area contributed by atoms with Crippen molar-refractivity contribution in [2.45, 2.75) is 19.0 Å². The molecule has 1 heterocycles. The average molecular weight is 494 g/mol. The van der Waals surface area contributed by atoms with Gasteiger partial charge in [0.15, 0.2) is 16.6 Å². The van der Waals surface area contributed by atoms with E-state index in [1.165, 1.54) is 29.2 Å². The molecule has 1 aliphatic heterocycles. The molecule has 7 nitrogen and oxygen atoms in total. The summed E-state index contributed by atoms with van der Waals surface area (Å²) in [6.45, 7) is 0.281. The van der Waals surface area contributed by atoms with E-state index in [1.54, 1.807) is 37.3 Å². The molecule has 9 heteroatoms. The lowest BCUT2D eigenvalue weighted by molar-refractivity contribution is -0.124. The van der Waals surface area contributed by atoms with Gasteiger partial charge >= 0.3 is 0 Å². The smallest absolute Gasteiger partial charge is 0.256 e. The SMILES string of the molecule is COc1ccc(CN2C(=S)N(c3ccccc3)C(=O)C2CC(=O)Nc2ccc(F)cc2)cc1OC. The lowest BCUT2D eigenvalue weighted by Crippen LogP contribution is -2.37. The minimum Gasteiger partial charge on any atom is -0.493 e. The minimum absolute atomic E-state index is 0.132. The van der Waals surface area contributed by atoms with Crippen LogP contribution in [0.4, 0.5) is 15.8 Å². The first-order valence-electron chi connectivity index (χ1n) is 10.9. The van der Waals surface area contributed by atoms with E-state index >= 15 is 0 Å². The van der Waals surface area contributed by atoms with Gasteiger partial charge in [0.05, 0.1) is 26.3 Å². The van der Waals surface area contributed by atoms with Crippen molar-refractivity contribution in [3.63, 3.8) is 0 Å². The van der Waals surface area contributed by atoms with Crippen molar-refractivity contribution in [1.82, 2.24) is 4.90 Å². The van der Waals surface area contributed by atoms with Crippen LogP contribution in [0.25, 0.3) is 0 Å². The van der Waals surface area contributed by atoms with Crippen molar-refractivity contribution >= 4 is 40.5 Å². The Kier molecular flexibility index (Phi) is 7.26. The fourth-order valence-electron chi connectivity index (χ4n) is 3.92. The number of rotatable bonds is 8. The van der Waals surface area contributed by atoms with Crippen LogP contribution in [0.2, 0.25) is 0 Å². The summed E-state index contributed by atoms with van der Waals surface area (Å²) >= 11 is 5.71. The Hall–Kier alpha value is -3.98. The maximum Gasteiger partial charge on any atom is 0.256 e. The molecular formula is C26H24FN3O4S. The first-order chi connectivity index (χ1) is 16.9. The van der Waals surface area contributed by atoms with Crippen LogP contribution in [-0.2, 0) is 16.1 Å². The number of halogens is 1. The number of nitrogens with zero attached hydrogens (tertiary/aromatic N) is 2. The molecule has 2 amide bonds. The van der Waals surface area contributed by atoms with Crippen molar-refractivity contribution in [1.29, 1.82) is 0 Å². The van der Waals surface area contributed by atoms with Gasteiger partial charge in [-0.3, -0.25) is 14.5 Å². The molecule has 0 aliphatic carbocycles. The van der Waals surface area contributed by atoms with Crippen molar-refractivity contribution in [3.05, 3.63) is 84.2 Å². The van der Waals surface area contributed by atoms with Gasteiger partial charge in [0.25, 0.3) is 5.91 Å². The Morgan fingerprint density at radius 3 is 2.34 bits per heavy atom. The molecule has 1 unspecified atom stereocenters. The van der Waals surface area contributed by atoms with Crippen molar-refractivity contribution in [3.8, 4) is 11.5 Å². The topological polar surface area (TPSA) is 71.1 Å². The quantitative estimate of drug-likeness (QED) is 0.470. The third kappa shape index (κ3) is 5.25. The van der Waals surface area contributed by atoms with Crippen molar-refractivity contribution < 1.29 is 23.5 Å². The summed E-state index contributed by atoms with van der Waals surface area (Å²) in [5, 5.41) is 3.02. The van der Waals surface area contributed by atoms with Gasteiger partial charge in [-0.25, -0.2) is 4.39 Å². The number of benzene rings is 3. The summed E-state index contributed by atoms with van der Waals surface area (Å²) in [5.41, 5.74) is 1.90. The van der Waals surface area contributed by atoms with E-state index in [0.717, 1.165) is 5.56 Å². The number of nitrogens with one attached hydrogen (secondary N) is 1. The number of methoxy groups -OCH3 is 2. The van der Waals surface area contributed by atoms with Crippen LogP contribution in [0.5, 0.6) is 11.5 Å². The Morgan fingerprint density at radius 1 is 1.00 bits per heavy atom.